The van der Waals surface area contributed by atoms with E-state index in [9.17, 15) is 9.59 Å². The van der Waals surface area contributed by atoms with Gasteiger partial charge in [0.05, 0.1) is 43.4 Å². The number of imidazole rings is 1. The number of hydrogen-bond donors (Lipinski definition) is 1. The van der Waals surface area contributed by atoms with Gasteiger partial charge in [0.2, 0.25) is 5.91 Å². The number of carbonyl (C=O) groups is 1. The van der Waals surface area contributed by atoms with E-state index >= 15 is 0 Å². The highest BCUT2D eigenvalue weighted by atomic mass is 16.5. The molecule has 7 nitrogen and oxygen atoms in total. The predicted molar refractivity (Wildman–Crippen MR) is 99.9 cm³/mol. The molecule has 3 aromatic rings. The normalized spacial score (nSPS) is 13.7. The summed E-state index contributed by atoms with van der Waals surface area (Å²) in [7, 11) is 1.58. The van der Waals surface area contributed by atoms with Crippen LogP contribution in [0.15, 0.2) is 27.7 Å². The third-order valence-electron chi connectivity index (χ3n) is 5.33. The molecule has 2 aromatic heterocycles. The molecule has 27 heavy (non-hydrogen) atoms. The van der Waals surface area contributed by atoms with E-state index in [0.29, 0.717) is 30.0 Å². The molecule has 7 heteroatoms. The number of aryl methyl sites for hydroxylation is 2. The summed E-state index contributed by atoms with van der Waals surface area (Å²) in [6.07, 6.45) is 2.39. The number of aromatic nitrogens is 2. The van der Waals surface area contributed by atoms with E-state index < -0.39 is 5.63 Å². The maximum atomic E-state index is 12.8. The zero-order chi connectivity index (χ0) is 19.1. The molecule has 0 radical (unpaired) electrons. The topological polar surface area (TPSA) is 88.4 Å². The fourth-order valence-corrected chi connectivity index (χ4v) is 3.68. The Morgan fingerprint density at radius 2 is 2.15 bits per heavy atom. The van der Waals surface area contributed by atoms with Crippen molar-refractivity contribution in [3.05, 3.63) is 57.0 Å². The Hall–Kier alpha value is -3.09. The zero-order valence-electron chi connectivity index (χ0n) is 15.6. The van der Waals surface area contributed by atoms with Crippen LogP contribution in [-0.4, -0.2) is 34.4 Å². The van der Waals surface area contributed by atoms with Gasteiger partial charge in [0.1, 0.15) is 11.3 Å². The van der Waals surface area contributed by atoms with Crippen LogP contribution in [0.2, 0.25) is 0 Å². The standard InChI is InChI=1S/C20H21N3O4/c1-11-13-4-5-17(26-3)12(2)19(13)27-20(25)14(11)8-18(24)23-7-6-15-16(9-23)22-10-21-15/h4-5,10H,6-9H2,1-3H3,(H,21,22). The molecular formula is C20H21N3O4. The van der Waals surface area contributed by atoms with Crippen molar-refractivity contribution in [2.75, 3.05) is 13.7 Å². The van der Waals surface area contributed by atoms with Crippen molar-refractivity contribution in [3.63, 3.8) is 0 Å². The van der Waals surface area contributed by atoms with Gasteiger partial charge in [0.25, 0.3) is 0 Å². The first-order chi connectivity index (χ1) is 13.0. The lowest BCUT2D eigenvalue weighted by atomic mass is 10.0. The van der Waals surface area contributed by atoms with Crippen LogP contribution < -0.4 is 10.4 Å². The smallest absolute Gasteiger partial charge is 0.340 e. The van der Waals surface area contributed by atoms with Crippen molar-refractivity contribution in [2.45, 2.75) is 33.2 Å². The fourth-order valence-electron chi connectivity index (χ4n) is 3.68. The first kappa shape index (κ1) is 17.3. The summed E-state index contributed by atoms with van der Waals surface area (Å²) in [5, 5.41) is 0.824. The molecule has 1 N–H and O–H groups in total. The average Bonchev–Trinajstić information content (AvgIpc) is 3.13. The number of aromatic amines is 1. The molecule has 0 bridgehead atoms. The van der Waals surface area contributed by atoms with E-state index in [1.807, 2.05) is 26.0 Å². The maximum Gasteiger partial charge on any atom is 0.340 e. The largest absolute Gasteiger partial charge is 0.496 e. The maximum absolute atomic E-state index is 12.8. The van der Waals surface area contributed by atoms with Crippen LogP contribution in [0.4, 0.5) is 0 Å². The Morgan fingerprint density at radius 1 is 1.33 bits per heavy atom. The molecule has 1 aliphatic rings. The van der Waals surface area contributed by atoms with Crippen molar-refractivity contribution in [3.8, 4) is 5.75 Å². The molecule has 0 spiro atoms. The number of hydrogen-bond acceptors (Lipinski definition) is 5. The Kier molecular flexibility index (Phi) is 4.22. The number of methoxy groups -OCH3 is 1. The minimum absolute atomic E-state index is 0.0264. The second-order valence-corrected chi connectivity index (χ2v) is 6.83. The Balaban J connectivity index is 1.66. The van der Waals surface area contributed by atoms with Crippen molar-refractivity contribution < 1.29 is 13.9 Å². The molecule has 0 saturated heterocycles. The van der Waals surface area contributed by atoms with Crippen molar-refractivity contribution in [2.24, 2.45) is 0 Å². The van der Waals surface area contributed by atoms with Crippen LogP contribution in [-0.2, 0) is 24.2 Å². The predicted octanol–water partition coefficient (Wildman–Crippen LogP) is 2.27. The Labute approximate surface area is 156 Å². The van der Waals surface area contributed by atoms with Gasteiger partial charge < -0.3 is 19.0 Å². The summed E-state index contributed by atoms with van der Waals surface area (Å²) in [6.45, 7) is 4.80. The third kappa shape index (κ3) is 2.89. The van der Waals surface area contributed by atoms with E-state index in [0.717, 1.165) is 34.3 Å². The number of benzene rings is 1. The Bertz CT molecular complexity index is 1100. The van der Waals surface area contributed by atoms with Gasteiger partial charge in [-0.25, -0.2) is 9.78 Å². The number of amides is 1. The first-order valence-electron chi connectivity index (χ1n) is 8.88. The summed E-state index contributed by atoms with van der Waals surface area (Å²) in [5.41, 5.74) is 3.96. The number of rotatable bonds is 3. The van der Waals surface area contributed by atoms with E-state index in [-0.39, 0.29) is 12.3 Å². The SMILES string of the molecule is COc1ccc2c(C)c(CC(=O)N3CCc4nc[nH]c4C3)c(=O)oc2c1C. The van der Waals surface area contributed by atoms with Gasteiger partial charge in [-0.15, -0.1) is 0 Å². The number of fused-ring (bicyclic) bond motifs is 2. The highest BCUT2D eigenvalue weighted by Gasteiger charge is 2.24. The molecule has 0 unspecified atom stereocenters. The van der Waals surface area contributed by atoms with Crippen LogP contribution in [0, 0.1) is 13.8 Å². The number of nitrogens with zero attached hydrogens (tertiary/aromatic N) is 2. The molecule has 1 aliphatic heterocycles. The van der Waals surface area contributed by atoms with Crippen LogP contribution >= 0.6 is 0 Å². The lowest BCUT2D eigenvalue weighted by Crippen LogP contribution is -2.37. The second-order valence-electron chi connectivity index (χ2n) is 6.83. The van der Waals surface area contributed by atoms with E-state index in [1.165, 1.54) is 0 Å². The molecule has 4 rings (SSSR count). The molecule has 140 valence electrons. The fraction of sp³-hybridized carbons (Fsp3) is 0.350. The highest BCUT2D eigenvalue weighted by molar-refractivity contribution is 5.87. The summed E-state index contributed by atoms with van der Waals surface area (Å²) < 4.78 is 10.9. The lowest BCUT2D eigenvalue weighted by molar-refractivity contribution is -0.131. The molecule has 0 saturated carbocycles. The molecule has 0 aliphatic carbocycles. The van der Waals surface area contributed by atoms with E-state index in [2.05, 4.69) is 9.97 Å². The zero-order valence-corrected chi connectivity index (χ0v) is 15.6. The van der Waals surface area contributed by atoms with Gasteiger partial charge in [0.15, 0.2) is 0 Å². The van der Waals surface area contributed by atoms with Gasteiger partial charge in [-0.2, -0.15) is 0 Å². The van der Waals surface area contributed by atoms with Gasteiger partial charge in [0, 0.05) is 23.9 Å². The van der Waals surface area contributed by atoms with Gasteiger partial charge in [-0.3, -0.25) is 4.79 Å². The van der Waals surface area contributed by atoms with Crippen molar-refractivity contribution in [1.29, 1.82) is 0 Å². The minimum atomic E-state index is -0.469. The number of carbonyl (C=O) groups excluding carboxylic acids is 1. The van der Waals surface area contributed by atoms with Gasteiger partial charge in [-0.05, 0) is 31.5 Å². The average molecular weight is 367 g/mol. The van der Waals surface area contributed by atoms with Crippen LogP contribution in [0.1, 0.15) is 28.1 Å². The number of H-pyrrole nitrogens is 1. The monoisotopic (exact) mass is 367 g/mol. The molecule has 0 fully saturated rings. The summed E-state index contributed by atoms with van der Waals surface area (Å²) in [4.78, 5) is 34.5. The van der Waals surface area contributed by atoms with Gasteiger partial charge >= 0.3 is 5.63 Å². The van der Waals surface area contributed by atoms with Crippen LogP contribution in [0.25, 0.3) is 11.0 Å². The highest BCUT2D eigenvalue weighted by Crippen LogP contribution is 2.29. The molecule has 1 aromatic carbocycles. The quantitative estimate of drug-likeness (QED) is 0.718. The van der Waals surface area contributed by atoms with Crippen LogP contribution in [0.3, 0.4) is 0 Å². The summed E-state index contributed by atoms with van der Waals surface area (Å²) >= 11 is 0. The molecular weight excluding hydrogens is 346 g/mol. The van der Waals surface area contributed by atoms with Gasteiger partial charge in [-0.1, -0.05) is 0 Å². The lowest BCUT2D eigenvalue weighted by Gasteiger charge is -2.26. The first-order valence-corrected chi connectivity index (χ1v) is 8.88. The molecule has 3 heterocycles. The number of nitrogens with one attached hydrogen (secondary N) is 1. The third-order valence-corrected chi connectivity index (χ3v) is 5.33. The molecule has 0 atom stereocenters. The van der Waals surface area contributed by atoms with E-state index in [4.69, 9.17) is 9.15 Å². The van der Waals surface area contributed by atoms with Crippen molar-refractivity contribution >= 4 is 16.9 Å². The second kappa shape index (κ2) is 6.57. The number of ether oxygens (including phenoxy) is 1. The molecule has 1 amide bonds. The Morgan fingerprint density at radius 3 is 2.93 bits per heavy atom. The van der Waals surface area contributed by atoms with E-state index in [1.54, 1.807) is 18.3 Å². The minimum Gasteiger partial charge on any atom is -0.496 e. The van der Waals surface area contributed by atoms with Crippen molar-refractivity contribution in [1.82, 2.24) is 14.9 Å². The summed E-state index contributed by atoms with van der Waals surface area (Å²) in [6, 6.07) is 3.71. The van der Waals surface area contributed by atoms with Crippen LogP contribution in [0.5, 0.6) is 5.75 Å². The summed E-state index contributed by atoms with van der Waals surface area (Å²) in [5.74, 6) is 0.577.